The molecule has 32 heavy (non-hydrogen) atoms. The Morgan fingerprint density at radius 3 is 2.53 bits per heavy atom. The van der Waals surface area contributed by atoms with Crippen molar-refractivity contribution in [1.29, 1.82) is 0 Å². The fourth-order valence-corrected chi connectivity index (χ4v) is 4.01. The van der Waals surface area contributed by atoms with E-state index in [1.807, 2.05) is 23.1 Å². The predicted octanol–water partition coefficient (Wildman–Crippen LogP) is 1.90. The Morgan fingerprint density at radius 1 is 1.16 bits per heavy atom. The molecule has 2 aromatic rings. The van der Waals surface area contributed by atoms with Gasteiger partial charge in [-0.2, -0.15) is 0 Å². The molecule has 1 saturated heterocycles. The van der Waals surface area contributed by atoms with Gasteiger partial charge in [0, 0.05) is 50.9 Å². The summed E-state index contributed by atoms with van der Waals surface area (Å²) >= 11 is 1.22. The van der Waals surface area contributed by atoms with E-state index in [-0.39, 0.29) is 36.4 Å². The fourth-order valence-electron chi connectivity index (χ4n) is 3.30. The van der Waals surface area contributed by atoms with Crippen LogP contribution in [0, 0.1) is 6.92 Å². The number of piperazine rings is 1. The van der Waals surface area contributed by atoms with E-state index in [4.69, 9.17) is 4.52 Å². The lowest BCUT2D eigenvalue weighted by atomic mass is 10.2. The predicted molar refractivity (Wildman–Crippen MR) is 125 cm³/mol. The van der Waals surface area contributed by atoms with Gasteiger partial charge in [-0.05, 0) is 26.0 Å². The molecule has 10 heteroatoms. The van der Waals surface area contributed by atoms with Crippen LogP contribution in [0.5, 0.6) is 0 Å². The van der Waals surface area contributed by atoms with E-state index in [9.17, 15) is 14.4 Å². The number of hydrogen-bond donors (Lipinski definition) is 2. The van der Waals surface area contributed by atoms with Gasteiger partial charge in [-0.25, -0.2) is 0 Å². The maximum atomic E-state index is 12.4. The number of thioether (sulfide) groups is 1. The van der Waals surface area contributed by atoms with Crippen LogP contribution < -0.4 is 15.5 Å². The average Bonchev–Trinajstić information content (AvgIpc) is 3.22. The number of aromatic nitrogens is 1. The molecule has 3 amide bonds. The highest BCUT2D eigenvalue weighted by molar-refractivity contribution is 8.01. The summed E-state index contributed by atoms with van der Waals surface area (Å²) in [5.41, 5.74) is 1.17. The Balaban J connectivity index is 1.29. The van der Waals surface area contributed by atoms with E-state index >= 15 is 0 Å². The van der Waals surface area contributed by atoms with Crippen molar-refractivity contribution < 1.29 is 18.9 Å². The molecule has 1 atom stereocenters. The van der Waals surface area contributed by atoms with Gasteiger partial charge in [-0.1, -0.05) is 23.4 Å². The molecule has 1 unspecified atom stereocenters. The Morgan fingerprint density at radius 2 is 1.88 bits per heavy atom. The van der Waals surface area contributed by atoms with E-state index in [0.29, 0.717) is 24.7 Å². The monoisotopic (exact) mass is 459 g/mol. The molecular formula is C22H29N5O4S. The van der Waals surface area contributed by atoms with Crippen LogP contribution in [-0.2, 0) is 14.4 Å². The molecule has 0 aliphatic carbocycles. The minimum absolute atomic E-state index is 0.0429. The second kappa shape index (κ2) is 11.6. The zero-order valence-electron chi connectivity index (χ0n) is 18.4. The topological polar surface area (TPSA) is 108 Å². The number of amides is 3. The number of benzene rings is 1. The van der Waals surface area contributed by atoms with Gasteiger partial charge in [0.1, 0.15) is 5.76 Å². The van der Waals surface area contributed by atoms with Gasteiger partial charge in [-0.3, -0.25) is 14.4 Å². The Bertz CT molecular complexity index is 912. The minimum atomic E-state index is -0.430. The van der Waals surface area contributed by atoms with Gasteiger partial charge in [0.05, 0.1) is 11.0 Å². The van der Waals surface area contributed by atoms with Crippen molar-refractivity contribution in [3.8, 4) is 0 Å². The molecule has 2 heterocycles. The number of para-hydroxylation sites is 1. The van der Waals surface area contributed by atoms with Gasteiger partial charge in [-0.15, -0.1) is 11.8 Å². The molecular weight excluding hydrogens is 430 g/mol. The van der Waals surface area contributed by atoms with E-state index < -0.39 is 5.25 Å². The van der Waals surface area contributed by atoms with E-state index in [1.165, 1.54) is 17.4 Å². The molecule has 2 N–H and O–H groups in total. The molecule has 172 valence electrons. The second-order valence-electron chi connectivity index (χ2n) is 7.57. The molecule has 3 rings (SSSR count). The van der Waals surface area contributed by atoms with Crippen LogP contribution in [0.15, 0.2) is 40.9 Å². The number of nitrogens with one attached hydrogen (secondary N) is 2. The molecule has 1 aliphatic heterocycles. The average molecular weight is 460 g/mol. The van der Waals surface area contributed by atoms with Crippen LogP contribution in [0.2, 0.25) is 0 Å². The Kier molecular flexibility index (Phi) is 8.55. The van der Waals surface area contributed by atoms with Crippen LogP contribution in [-0.4, -0.2) is 71.5 Å². The summed E-state index contributed by atoms with van der Waals surface area (Å²) in [5.74, 6) is 0.687. The SMILES string of the molecule is Cc1cc(NC(=O)C(C)SCC(=O)NCCC(=O)N2CCN(c3ccccc3)CC2)no1. The lowest BCUT2D eigenvalue weighted by Gasteiger charge is -2.36. The first-order chi connectivity index (χ1) is 15.4. The standard InChI is InChI=1S/C22H29N5O4S/c1-16-14-19(25-31-16)24-22(30)17(2)32-15-20(28)23-9-8-21(29)27-12-10-26(11-13-27)18-6-4-3-5-7-18/h3-7,14,17H,8-13,15H2,1-2H3,(H,23,28)(H,24,25,30). The number of nitrogens with zero attached hydrogens (tertiary/aromatic N) is 3. The van der Waals surface area contributed by atoms with Crippen molar-refractivity contribution in [2.45, 2.75) is 25.5 Å². The van der Waals surface area contributed by atoms with Gasteiger partial charge in [0.2, 0.25) is 17.7 Å². The van der Waals surface area contributed by atoms with Gasteiger partial charge < -0.3 is 25.0 Å². The fraction of sp³-hybridized carbons (Fsp3) is 0.455. The molecule has 1 fully saturated rings. The van der Waals surface area contributed by atoms with Gasteiger partial charge in [0.25, 0.3) is 0 Å². The number of anilines is 2. The zero-order valence-corrected chi connectivity index (χ0v) is 19.2. The largest absolute Gasteiger partial charge is 0.368 e. The minimum Gasteiger partial charge on any atom is -0.368 e. The first kappa shape index (κ1) is 23.6. The molecule has 0 radical (unpaired) electrons. The van der Waals surface area contributed by atoms with Crippen molar-refractivity contribution >= 4 is 41.0 Å². The third-order valence-corrected chi connectivity index (χ3v) is 6.27. The van der Waals surface area contributed by atoms with E-state index in [2.05, 4.69) is 32.8 Å². The van der Waals surface area contributed by atoms with Crippen LogP contribution in [0.4, 0.5) is 11.5 Å². The maximum absolute atomic E-state index is 12.4. The van der Waals surface area contributed by atoms with E-state index in [1.54, 1.807) is 19.9 Å². The van der Waals surface area contributed by atoms with Crippen molar-refractivity contribution in [2.24, 2.45) is 0 Å². The van der Waals surface area contributed by atoms with Crippen molar-refractivity contribution in [3.05, 3.63) is 42.2 Å². The van der Waals surface area contributed by atoms with Gasteiger partial charge >= 0.3 is 0 Å². The van der Waals surface area contributed by atoms with Crippen molar-refractivity contribution in [3.63, 3.8) is 0 Å². The van der Waals surface area contributed by atoms with Crippen LogP contribution >= 0.6 is 11.8 Å². The van der Waals surface area contributed by atoms with Crippen LogP contribution in [0.1, 0.15) is 19.1 Å². The lowest BCUT2D eigenvalue weighted by Crippen LogP contribution is -2.49. The van der Waals surface area contributed by atoms with E-state index in [0.717, 1.165) is 13.1 Å². The second-order valence-corrected chi connectivity index (χ2v) is 8.90. The van der Waals surface area contributed by atoms with Crippen LogP contribution in [0.3, 0.4) is 0 Å². The van der Waals surface area contributed by atoms with Gasteiger partial charge in [0.15, 0.2) is 5.82 Å². The smallest absolute Gasteiger partial charge is 0.238 e. The zero-order chi connectivity index (χ0) is 22.9. The summed E-state index contributed by atoms with van der Waals surface area (Å²) in [7, 11) is 0. The Hall–Kier alpha value is -3.01. The summed E-state index contributed by atoms with van der Waals surface area (Å²) in [6, 6.07) is 11.8. The molecule has 0 saturated carbocycles. The molecule has 1 aliphatic rings. The molecule has 0 bridgehead atoms. The number of hydrogen-bond acceptors (Lipinski definition) is 7. The normalized spacial score (nSPS) is 14.7. The molecule has 0 spiro atoms. The summed E-state index contributed by atoms with van der Waals surface area (Å²) < 4.78 is 4.91. The molecule has 1 aromatic heterocycles. The maximum Gasteiger partial charge on any atom is 0.238 e. The number of rotatable bonds is 9. The van der Waals surface area contributed by atoms with Crippen molar-refractivity contribution in [2.75, 3.05) is 48.7 Å². The highest BCUT2D eigenvalue weighted by atomic mass is 32.2. The molecule has 1 aromatic carbocycles. The summed E-state index contributed by atoms with van der Waals surface area (Å²) in [6.45, 7) is 6.69. The van der Waals surface area contributed by atoms with Crippen molar-refractivity contribution in [1.82, 2.24) is 15.4 Å². The third kappa shape index (κ3) is 7.01. The Labute approximate surface area is 191 Å². The quantitative estimate of drug-likeness (QED) is 0.590. The first-order valence-electron chi connectivity index (χ1n) is 10.6. The number of carbonyl (C=O) groups excluding carboxylic acids is 3. The lowest BCUT2D eigenvalue weighted by molar-refractivity contribution is -0.131. The highest BCUT2D eigenvalue weighted by Gasteiger charge is 2.21. The molecule has 9 nitrogen and oxygen atoms in total. The summed E-state index contributed by atoms with van der Waals surface area (Å²) in [4.78, 5) is 40.7. The van der Waals surface area contributed by atoms with Crippen LogP contribution in [0.25, 0.3) is 0 Å². The first-order valence-corrected chi connectivity index (χ1v) is 11.7. The summed E-state index contributed by atoms with van der Waals surface area (Å²) in [6.07, 6.45) is 0.267. The highest BCUT2D eigenvalue weighted by Crippen LogP contribution is 2.16. The number of carbonyl (C=O) groups is 3. The summed E-state index contributed by atoms with van der Waals surface area (Å²) in [5, 5.41) is 8.69. The number of aryl methyl sites for hydroxylation is 1. The third-order valence-electron chi connectivity index (χ3n) is 5.13.